The summed E-state index contributed by atoms with van der Waals surface area (Å²) < 4.78 is 7.47. The van der Waals surface area contributed by atoms with Crippen LogP contribution in [0.1, 0.15) is 25.6 Å². The molecule has 0 bridgehead atoms. The van der Waals surface area contributed by atoms with Gasteiger partial charge in [0.25, 0.3) is 0 Å². The predicted octanol–water partition coefficient (Wildman–Crippen LogP) is 2.03. The molecule has 0 radical (unpaired) electrons. The summed E-state index contributed by atoms with van der Waals surface area (Å²) in [6.45, 7) is 3.75. The van der Waals surface area contributed by atoms with Gasteiger partial charge < -0.3 is 10.1 Å². The van der Waals surface area contributed by atoms with Crippen LogP contribution in [0.2, 0.25) is 0 Å². The van der Waals surface area contributed by atoms with Crippen molar-refractivity contribution in [2.75, 3.05) is 18.5 Å². The minimum atomic E-state index is 0.253. The quantitative estimate of drug-likeness (QED) is 0.911. The maximum Gasteiger partial charge on any atom is 0.134 e. The smallest absolute Gasteiger partial charge is 0.134 e. The van der Waals surface area contributed by atoms with Gasteiger partial charge in [0.15, 0.2) is 0 Å². The third-order valence-corrected chi connectivity index (χ3v) is 3.57. The van der Waals surface area contributed by atoms with E-state index in [9.17, 15) is 0 Å². The number of nitrogens with one attached hydrogen (secondary N) is 1. The average Bonchev–Trinajstić information content (AvgIpc) is 3.10. The molecule has 0 aliphatic carbocycles. The Balaban J connectivity index is 1.89. The molecule has 1 fully saturated rings. The fraction of sp³-hybridized carbons (Fsp3) is 0.533. The minimum absolute atomic E-state index is 0.253. The van der Waals surface area contributed by atoms with Crippen LogP contribution in [0.25, 0.3) is 11.3 Å². The van der Waals surface area contributed by atoms with Gasteiger partial charge in [0.2, 0.25) is 0 Å². The van der Waals surface area contributed by atoms with E-state index in [1.54, 1.807) is 4.68 Å². The number of aromatic nitrogens is 4. The number of hydrogen-bond donors (Lipinski definition) is 1. The summed E-state index contributed by atoms with van der Waals surface area (Å²) in [5.74, 6) is 1.69. The highest BCUT2D eigenvalue weighted by Gasteiger charge is 2.18. The van der Waals surface area contributed by atoms with Gasteiger partial charge in [-0.3, -0.25) is 4.68 Å². The Morgan fingerprint density at radius 3 is 3.00 bits per heavy atom. The molecule has 0 aromatic carbocycles. The Labute approximate surface area is 124 Å². The number of rotatable bonds is 5. The Morgan fingerprint density at radius 2 is 2.33 bits per heavy atom. The lowest BCUT2D eigenvalue weighted by Gasteiger charge is -2.11. The largest absolute Gasteiger partial charge is 0.378 e. The highest BCUT2D eigenvalue weighted by Crippen LogP contribution is 2.21. The highest BCUT2D eigenvalue weighted by atomic mass is 16.5. The van der Waals surface area contributed by atoms with Gasteiger partial charge in [-0.15, -0.1) is 0 Å². The average molecular weight is 287 g/mol. The third kappa shape index (κ3) is 3.39. The van der Waals surface area contributed by atoms with E-state index in [1.807, 2.05) is 25.5 Å². The van der Waals surface area contributed by atoms with E-state index in [-0.39, 0.29) is 6.10 Å². The molecule has 1 atom stereocenters. The van der Waals surface area contributed by atoms with Crippen LogP contribution in [0.5, 0.6) is 0 Å². The summed E-state index contributed by atoms with van der Waals surface area (Å²) in [6, 6.07) is 1.97. The molecule has 3 heterocycles. The van der Waals surface area contributed by atoms with E-state index >= 15 is 0 Å². The molecule has 2 aromatic heterocycles. The van der Waals surface area contributed by atoms with Gasteiger partial charge in [0, 0.05) is 44.4 Å². The summed E-state index contributed by atoms with van der Waals surface area (Å²) >= 11 is 0. The fourth-order valence-electron chi connectivity index (χ4n) is 2.57. The second-order valence-corrected chi connectivity index (χ2v) is 5.33. The maximum absolute atomic E-state index is 5.69. The van der Waals surface area contributed by atoms with E-state index < -0.39 is 0 Å². The van der Waals surface area contributed by atoms with Crippen molar-refractivity contribution >= 4 is 5.82 Å². The summed E-state index contributed by atoms with van der Waals surface area (Å²) in [5.41, 5.74) is 1.91. The van der Waals surface area contributed by atoms with Crippen molar-refractivity contribution in [1.29, 1.82) is 0 Å². The second-order valence-electron chi connectivity index (χ2n) is 5.33. The first-order chi connectivity index (χ1) is 10.2. The summed E-state index contributed by atoms with van der Waals surface area (Å²) in [6.07, 6.45) is 7.04. The Hall–Kier alpha value is -1.95. The van der Waals surface area contributed by atoms with Crippen molar-refractivity contribution in [3.8, 4) is 11.3 Å². The van der Waals surface area contributed by atoms with Crippen LogP contribution in [0, 0.1) is 0 Å². The lowest BCUT2D eigenvalue weighted by molar-refractivity contribution is 0.110. The maximum atomic E-state index is 5.69. The zero-order chi connectivity index (χ0) is 14.7. The number of nitrogens with zero attached hydrogens (tertiary/aromatic N) is 4. The number of anilines is 1. The molecule has 21 heavy (non-hydrogen) atoms. The number of hydrogen-bond acceptors (Lipinski definition) is 5. The fourth-order valence-corrected chi connectivity index (χ4v) is 2.57. The molecule has 0 saturated carbocycles. The molecule has 6 nitrogen and oxygen atoms in total. The summed E-state index contributed by atoms with van der Waals surface area (Å²) in [4.78, 5) is 9.27. The van der Waals surface area contributed by atoms with Crippen molar-refractivity contribution in [3.63, 3.8) is 0 Å². The van der Waals surface area contributed by atoms with E-state index in [1.165, 1.54) is 0 Å². The zero-order valence-electron chi connectivity index (χ0n) is 12.5. The monoisotopic (exact) mass is 287 g/mol. The lowest BCUT2D eigenvalue weighted by Crippen LogP contribution is -2.13. The van der Waals surface area contributed by atoms with Gasteiger partial charge in [-0.05, 0) is 19.8 Å². The van der Waals surface area contributed by atoms with Crippen LogP contribution in [-0.2, 0) is 18.2 Å². The van der Waals surface area contributed by atoms with Gasteiger partial charge in [-0.2, -0.15) is 5.10 Å². The first kappa shape index (κ1) is 14.0. The third-order valence-electron chi connectivity index (χ3n) is 3.57. The molecule has 1 N–H and O–H groups in total. The molecule has 1 unspecified atom stereocenters. The lowest BCUT2D eigenvalue weighted by atomic mass is 10.1. The number of ether oxygens (including phenoxy) is 1. The topological polar surface area (TPSA) is 64.9 Å². The standard InChI is InChI=1S/C15H21N5O/c1-3-16-14-8-13(11-9-17-20(2)10-11)18-15(19-14)7-12-5-4-6-21-12/h8-10,12H,3-7H2,1-2H3,(H,16,18,19). The van der Waals surface area contributed by atoms with Crippen molar-refractivity contribution in [2.45, 2.75) is 32.3 Å². The van der Waals surface area contributed by atoms with Crippen LogP contribution in [0.4, 0.5) is 5.82 Å². The molecule has 1 saturated heterocycles. The van der Waals surface area contributed by atoms with Crippen molar-refractivity contribution in [2.24, 2.45) is 7.05 Å². The molecule has 1 aliphatic rings. The molecule has 112 valence electrons. The van der Waals surface area contributed by atoms with Crippen molar-refractivity contribution in [1.82, 2.24) is 19.7 Å². The molecule has 2 aromatic rings. The van der Waals surface area contributed by atoms with Crippen molar-refractivity contribution in [3.05, 3.63) is 24.3 Å². The van der Waals surface area contributed by atoms with Gasteiger partial charge in [-0.1, -0.05) is 0 Å². The first-order valence-corrected chi connectivity index (χ1v) is 7.47. The van der Waals surface area contributed by atoms with Crippen LogP contribution in [0.3, 0.4) is 0 Å². The van der Waals surface area contributed by atoms with Gasteiger partial charge in [-0.25, -0.2) is 9.97 Å². The Kier molecular flexibility index (Phi) is 4.15. The molecular weight excluding hydrogens is 266 g/mol. The molecular formula is C15H21N5O. The van der Waals surface area contributed by atoms with Crippen LogP contribution in [-0.4, -0.2) is 39.0 Å². The van der Waals surface area contributed by atoms with Crippen LogP contribution in [0.15, 0.2) is 18.5 Å². The molecule has 3 rings (SSSR count). The number of aryl methyl sites for hydroxylation is 1. The van der Waals surface area contributed by atoms with Crippen molar-refractivity contribution < 1.29 is 4.74 Å². The van der Waals surface area contributed by atoms with Gasteiger partial charge in [0.1, 0.15) is 11.6 Å². The van der Waals surface area contributed by atoms with Crippen LogP contribution >= 0.6 is 0 Å². The first-order valence-electron chi connectivity index (χ1n) is 7.47. The predicted molar refractivity (Wildman–Crippen MR) is 81.1 cm³/mol. The minimum Gasteiger partial charge on any atom is -0.378 e. The Morgan fingerprint density at radius 1 is 1.43 bits per heavy atom. The van der Waals surface area contributed by atoms with E-state index in [2.05, 4.69) is 27.3 Å². The van der Waals surface area contributed by atoms with E-state index in [0.717, 1.165) is 55.3 Å². The summed E-state index contributed by atoms with van der Waals surface area (Å²) in [5, 5.41) is 7.48. The molecule has 1 aliphatic heterocycles. The SMILES string of the molecule is CCNc1cc(-c2cnn(C)c2)nc(CC2CCCO2)n1. The highest BCUT2D eigenvalue weighted by molar-refractivity contribution is 5.60. The zero-order valence-corrected chi connectivity index (χ0v) is 12.5. The van der Waals surface area contributed by atoms with E-state index in [0.29, 0.717) is 0 Å². The van der Waals surface area contributed by atoms with E-state index in [4.69, 9.17) is 4.74 Å². The normalized spacial score (nSPS) is 18.1. The Bertz CT molecular complexity index is 604. The molecule has 0 spiro atoms. The van der Waals surface area contributed by atoms with Crippen LogP contribution < -0.4 is 5.32 Å². The second kappa shape index (κ2) is 6.22. The molecule has 6 heteroatoms. The van der Waals surface area contributed by atoms with Gasteiger partial charge in [0.05, 0.1) is 18.0 Å². The van der Waals surface area contributed by atoms with Gasteiger partial charge >= 0.3 is 0 Å². The summed E-state index contributed by atoms with van der Waals surface area (Å²) in [7, 11) is 1.91. The molecule has 0 amide bonds.